The Labute approximate surface area is 177 Å². The molecular weight excluding hydrogens is 409 g/mol. The molecule has 0 atom stereocenters. The first kappa shape index (κ1) is 23.4. The summed E-state index contributed by atoms with van der Waals surface area (Å²) >= 11 is 0. The van der Waals surface area contributed by atoms with Crippen molar-refractivity contribution in [3.05, 3.63) is 58.4 Å². The van der Waals surface area contributed by atoms with Crippen LogP contribution in [0.1, 0.15) is 13.8 Å². The average molecular weight is 431 g/mol. The summed E-state index contributed by atoms with van der Waals surface area (Å²) < 4.78 is 13.2. The van der Waals surface area contributed by atoms with Crippen molar-refractivity contribution in [2.75, 3.05) is 35.6 Å². The average Bonchev–Trinajstić information content (AvgIpc) is 2.69. The van der Waals surface area contributed by atoms with Crippen LogP contribution in [0.2, 0.25) is 0 Å². The summed E-state index contributed by atoms with van der Waals surface area (Å²) in [6, 6.07) is 9.36. The van der Waals surface area contributed by atoms with Gasteiger partial charge < -0.3 is 16.0 Å². The number of nitro groups is 1. The zero-order valence-corrected chi connectivity index (χ0v) is 17.0. The van der Waals surface area contributed by atoms with E-state index in [1.165, 1.54) is 11.8 Å². The van der Waals surface area contributed by atoms with Gasteiger partial charge in [-0.25, -0.2) is 4.39 Å². The van der Waals surface area contributed by atoms with Gasteiger partial charge in [0, 0.05) is 18.3 Å². The van der Waals surface area contributed by atoms with Gasteiger partial charge in [-0.2, -0.15) is 0 Å². The van der Waals surface area contributed by atoms with E-state index in [0.717, 1.165) is 18.2 Å². The number of anilines is 3. The Hall–Kier alpha value is -3.86. The number of nitrogens with zero attached hydrogens (tertiary/aromatic N) is 2. The summed E-state index contributed by atoms with van der Waals surface area (Å²) in [6.07, 6.45) is 0. The molecule has 0 heterocycles. The van der Waals surface area contributed by atoms with Crippen molar-refractivity contribution >= 4 is 40.5 Å². The van der Waals surface area contributed by atoms with Gasteiger partial charge in [-0.3, -0.25) is 29.4 Å². The number of benzene rings is 2. The number of rotatable bonds is 9. The minimum Gasteiger partial charge on any atom is -0.326 e. The fraction of sp³-hybridized carbons (Fsp3) is 0.250. The molecule has 0 aliphatic rings. The van der Waals surface area contributed by atoms with E-state index in [0.29, 0.717) is 17.9 Å². The zero-order valence-electron chi connectivity index (χ0n) is 17.0. The van der Waals surface area contributed by atoms with Gasteiger partial charge in [-0.1, -0.05) is 6.92 Å². The Bertz CT molecular complexity index is 980. The number of carbonyl (C=O) groups is 3. The first-order chi connectivity index (χ1) is 14.7. The third-order valence-electron chi connectivity index (χ3n) is 4.10. The maximum absolute atomic E-state index is 13.2. The van der Waals surface area contributed by atoms with E-state index in [1.54, 1.807) is 31.2 Å². The van der Waals surface area contributed by atoms with Gasteiger partial charge in [-0.15, -0.1) is 0 Å². The Morgan fingerprint density at radius 3 is 2.03 bits per heavy atom. The summed E-state index contributed by atoms with van der Waals surface area (Å²) in [4.78, 5) is 47.4. The maximum Gasteiger partial charge on any atom is 0.295 e. The molecule has 0 aromatic heterocycles. The highest BCUT2D eigenvalue weighted by Crippen LogP contribution is 2.24. The first-order valence-electron chi connectivity index (χ1n) is 9.31. The molecule has 0 bridgehead atoms. The minimum absolute atomic E-state index is 0.0944. The summed E-state index contributed by atoms with van der Waals surface area (Å²) in [5.41, 5.74) is 0.418. The first-order valence-corrected chi connectivity index (χ1v) is 9.31. The molecule has 3 amide bonds. The standard InChI is InChI=1S/C20H22FN5O5/c1-3-25(11-19(28)23-16-7-5-15(6-8-16)22-13(2)27)12-20(29)24-17-9-4-14(21)10-18(17)26(30)31/h4-10H,3,11-12H2,1-2H3,(H,22,27)(H,23,28)(H,24,29). The summed E-state index contributed by atoms with van der Waals surface area (Å²) in [5, 5.41) is 18.7. The van der Waals surface area contributed by atoms with Gasteiger partial charge in [0.25, 0.3) is 5.69 Å². The number of amides is 3. The monoisotopic (exact) mass is 431 g/mol. The number of nitrogens with one attached hydrogen (secondary N) is 3. The lowest BCUT2D eigenvalue weighted by molar-refractivity contribution is -0.384. The molecule has 0 aliphatic carbocycles. The van der Waals surface area contributed by atoms with Gasteiger partial charge in [0.05, 0.1) is 24.1 Å². The molecule has 2 aromatic rings. The van der Waals surface area contributed by atoms with Crippen molar-refractivity contribution in [1.82, 2.24) is 4.90 Å². The number of carbonyl (C=O) groups excluding carboxylic acids is 3. The van der Waals surface area contributed by atoms with Crippen LogP contribution in [-0.4, -0.2) is 47.2 Å². The normalized spacial score (nSPS) is 10.5. The molecule has 0 saturated carbocycles. The second kappa shape index (κ2) is 10.8. The van der Waals surface area contributed by atoms with E-state index in [-0.39, 0.29) is 30.6 Å². The van der Waals surface area contributed by atoms with E-state index < -0.39 is 22.3 Å². The van der Waals surface area contributed by atoms with E-state index in [9.17, 15) is 28.9 Å². The molecule has 0 radical (unpaired) electrons. The molecule has 2 aromatic carbocycles. The van der Waals surface area contributed by atoms with Gasteiger partial charge in [0.2, 0.25) is 17.7 Å². The predicted molar refractivity (Wildman–Crippen MR) is 113 cm³/mol. The van der Waals surface area contributed by atoms with Crippen LogP contribution in [-0.2, 0) is 14.4 Å². The highest BCUT2D eigenvalue weighted by molar-refractivity contribution is 5.96. The fourth-order valence-electron chi connectivity index (χ4n) is 2.68. The van der Waals surface area contributed by atoms with Crippen molar-refractivity contribution in [1.29, 1.82) is 0 Å². The smallest absolute Gasteiger partial charge is 0.295 e. The number of halogens is 1. The molecule has 2 rings (SSSR count). The van der Waals surface area contributed by atoms with Crippen LogP contribution in [0.3, 0.4) is 0 Å². The predicted octanol–water partition coefficient (Wildman–Crippen LogP) is 2.59. The highest BCUT2D eigenvalue weighted by Gasteiger charge is 2.19. The maximum atomic E-state index is 13.2. The SMILES string of the molecule is CCN(CC(=O)Nc1ccc(NC(C)=O)cc1)CC(=O)Nc1ccc(F)cc1[N+](=O)[O-]. The number of hydrogen-bond acceptors (Lipinski definition) is 6. The van der Waals surface area contributed by atoms with Gasteiger partial charge in [0.1, 0.15) is 11.5 Å². The summed E-state index contributed by atoms with van der Waals surface area (Å²) in [5.74, 6) is -1.94. The molecule has 11 heteroatoms. The molecular formula is C20H22FN5O5. The van der Waals surface area contributed by atoms with Crippen LogP contribution in [0.15, 0.2) is 42.5 Å². The van der Waals surface area contributed by atoms with Crippen LogP contribution < -0.4 is 16.0 Å². The Balaban J connectivity index is 1.92. The number of nitro benzene ring substituents is 1. The van der Waals surface area contributed by atoms with Crippen molar-refractivity contribution < 1.29 is 23.7 Å². The van der Waals surface area contributed by atoms with Gasteiger partial charge in [-0.05, 0) is 42.9 Å². The largest absolute Gasteiger partial charge is 0.326 e. The highest BCUT2D eigenvalue weighted by atomic mass is 19.1. The quantitative estimate of drug-likeness (QED) is 0.413. The number of hydrogen-bond donors (Lipinski definition) is 3. The molecule has 0 aliphatic heterocycles. The zero-order chi connectivity index (χ0) is 23.0. The second-order valence-corrected chi connectivity index (χ2v) is 6.58. The summed E-state index contributed by atoms with van der Waals surface area (Å²) in [7, 11) is 0. The molecule has 0 fully saturated rings. The lowest BCUT2D eigenvalue weighted by atomic mass is 10.2. The van der Waals surface area contributed by atoms with E-state index in [1.807, 2.05) is 0 Å². The molecule has 0 unspecified atom stereocenters. The third kappa shape index (κ3) is 7.48. The van der Waals surface area contributed by atoms with Crippen LogP contribution in [0.25, 0.3) is 0 Å². The van der Waals surface area contributed by atoms with E-state index in [4.69, 9.17) is 0 Å². The van der Waals surface area contributed by atoms with Gasteiger partial charge >= 0.3 is 0 Å². The van der Waals surface area contributed by atoms with Crippen LogP contribution in [0, 0.1) is 15.9 Å². The fourth-order valence-corrected chi connectivity index (χ4v) is 2.68. The Morgan fingerprint density at radius 2 is 1.52 bits per heavy atom. The van der Waals surface area contributed by atoms with Crippen LogP contribution in [0.5, 0.6) is 0 Å². The molecule has 0 spiro atoms. The molecule has 0 saturated heterocycles. The lowest BCUT2D eigenvalue weighted by Gasteiger charge is -2.19. The second-order valence-electron chi connectivity index (χ2n) is 6.58. The summed E-state index contributed by atoms with van der Waals surface area (Å²) in [6.45, 7) is 3.22. The Kier molecular flexibility index (Phi) is 8.15. The number of likely N-dealkylation sites (N-methyl/N-ethyl adjacent to an activating group) is 1. The van der Waals surface area contributed by atoms with E-state index >= 15 is 0 Å². The van der Waals surface area contributed by atoms with Crippen molar-refractivity contribution in [2.24, 2.45) is 0 Å². The topological polar surface area (TPSA) is 134 Å². The third-order valence-corrected chi connectivity index (χ3v) is 4.10. The molecule has 164 valence electrons. The molecule has 31 heavy (non-hydrogen) atoms. The minimum atomic E-state index is -0.791. The molecule has 3 N–H and O–H groups in total. The molecule has 10 nitrogen and oxygen atoms in total. The van der Waals surface area contributed by atoms with Gasteiger partial charge in [0.15, 0.2) is 0 Å². The van der Waals surface area contributed by atoms with Crippen LogP contribution in [0.4, 0.5) is 27.1 Å². The van der Waals surface area contributed by atoms with Crippen molar-refractivity contribution in [3.63, 3.8) is 0 Å². The van der Waals surface area contributed by atoms with Crippen LogP contribution >= 0.6 is 0 Å². The van der Waals surface area contributed by atoms with E-state index in [2.05, 4.69) is 16.0 Å². The Morgan fingerprint density at radius 1 is 0.968 bits per heavy atom. The lowest BCUT2D eigenvalue weighted by Crippen LogP contribution is -2.38. The van der Waals surface area contributed by atoms with Crippen molar-refractivity contribution in [2.45, 2.75) is 13.8 Å². The van der Waals surface area contributed by atoms with Crippen molar-refractivity contribution in [3.8, 4) is 0 Å².